The van der Waals surface area contributed by atoms with Gasteiger partial charge in [0.05, 0.1) is 26.4 Å². The highest BCUT2D eigenvalue weighted by molar-refractivity contribution is 9.13. The Morgan fingerprint density at radius 3 is 2.00 bits per heavy atom. The number of fused-ring (bicyclic) bond motifs is 4. The fourth-order valence-corrected chi connectivity index (χ4v) is 5.91. The van der Waals surface area contributed by atoms with Crippen LogP contribution in [0.5, 0.6) is 0 Å². The van der Waals surface area contributed by atoms with E-state index in [0.29, 0.717) is 32.7 Å². The third-order valence-corrected chi connectivity index (χ3v) is 8.32. The summed E-state index contributed by atoms with van der Waals surface area (Å²) in [6.45, 7) is 0. The van der Waals surface area contributed by atoms with Crippen LogP contribution in [0.15, 0.2) is 65.9 Å². The molecule has 0 fully saturated rings. The highest BCUT2D eigenvalue weighted by Gasteiger charge is 2.22. The molecule has 5 aromatic rings. The SMILES string of the molecule is O=c1c2ccccc2[nH]c2cc3c(=O)c4c(Br)c(Br)c(S(=O)(=O)O)cc4[nH]c3cc12. The zero-order chi connectivity index (χ0) is 21.4. The lowest BCUT2D eigenvalue weighted by atomic mass is 10.1. The van der Waals surface area contributed by atoms with Crippen molar-refractivity contribution in [2.75, 3.05) is 0 Å². The molecular formula is C20H10Br2N2O5S. The number of pyridine rings is 2. The maximum absolute atomic E-state index is 13.2. The van der Waals surface area contributed by atoms with Crippen molar-refractivity contribution in [2.24, 2.45) is 0 Å². The van der Waals surface area contributed by atoms with Crippen molar-refractivity contribution in [1.82, 2.24) is 9.97 Å². The molecule has 0 spiro atoms. The second-order valence-corrected chi connectivity index (χ2v) is 9.77. The molecule has 30 heavy (non-hydrogen) atoms. The average molecular weight is 550 g/mol. The summed E-state index contributed by atoms with van der Waals surface area (Å²) in [6, 6.07) is 11.4. The number of para-hydroxylation sites is 1. The normalized spacial score (nSPS) is 12.4. The zero-order valence-electron chi connectivity index (χ0n) is 14.8. The second-order valence-electron chi connectivity index (χ2n) is 6.80. The van der Waals surface area contributed by atoms with Gasteiger partial charge in [0, 0.05) is 26.1 Å². The van der Waals surface area contributed by atoms with E-state index in [1.54, 1.807) is 30.3 Å². The van der Waals surface area contributed by atoms with Gasteiger partial charge < -0.3 is 9.97 Å². The van der Waals surface area contributed by atoms with Crippen LogP contribution in [-0.2, 0) is 10.1 Å². The molecule has 2 aromatic heterocycles. The molecule has 0 radical (unpaired) electrons. The minimum absolute atomic E-state index is 0.0440. The molecule has 0 aliphatic carbocycles. The summed E-state index contributed by atoms with van der Waals surface area (Å²) >= 11 is 6.38. The van der Waals surface area contributed by atoms with E-state index in [1.165, 1.54) is 6.07 Å². The van der Waals surface area contributed by atoms with E-state index in [2.05, 4.69) is 41.8 Å². The number of aromatic nitrogens is 2. The van der Waals surface area contributed by atoms with E-state index in [9.17, 15) is 22.6 Å². The van der Waals surface area contributed by atoms with Gasteiger partial charge in [-0.25, -0.2) is 0 Å². The van der Waals surface area contributed by atoms with Crippen LogP contribution in [0.1, 0.15) is 0 Å². The minimum atomic E-state index is -4.53. The van der Waals surface area contributed by atoms with Crippen LogP contribution in [-0.4, -0.2) is 22.9 Å². The summed E-state index contributed by atoms with van der Waals surface area (Å²) in [5.74, 6) is 0. The molecule has 0 unspecified atom stereocenters. The number of halogens is 2. The third kappa shape index (κ3) is 2.75. The largest absolute Gasteiger partial charge is 0.354 e. The first kappa shape index (κ1) is 19.4. The molecule has 3 N–H and O–H groups in total. The van der Waals surface area contributed by atoms with Gasteiger partial charge in [0.1, 0.15) is 4.90 Å². The number of aromatic amines is 2. The molecule has 0 aliphatic heterocycles. The first-order valence-corrected chi connectivity index (χ1v) is 11.6. The second kappa shape index (κ2) is 6.48. The fraction of sp³-hybridized carbons (Fsp3) is 0. The third-order valence-electron chi connectivity index (χ3n) is 5.04. The van der Waals surface area contributed by atoms with Gasteiger partial charge in [-0.1, -0.05) is 12.1 Å². The van der Waals surface area contributed by atoms with Crippen molar-refractivity contribution < 1.29 is 13.0 Å². The van der Waals surface area contributed by atoms with Gasteiger partial charge >= 0.3 is 0 Å². The van der Waals surface area contributed by atoms with Gasteiger partial charge in [-0.15, -0.1) is 0 Å². The van der Waals surface area contributed by atoms with Gasteiger partial charge in [0.2, 0.25) is 0 Å². The lowest BCUT2D eigenvalue weighted by molar-refractivity contribution is 0.482. The van der Waals surface area contributed by atoms with Crippen molar-refractivity contribution in [3.05, 3.63) is 71.9 Å². The Morgan fingerprint density at radius 2 is 1.33 bits per heavy atom. The summed E-state index contributed by atoms with van der Waals surface area (Å²) in [7, 11) is -4.53. The Kier molecular flexibility index (Phi) is 4.20. The molecule has 7 nitrogen and oxygen atoms in total. The number of rotatable bonds is 1. The van der Waals surface area contributed by atoms with Gasteiger partial charge in [-0.3, -0.25) is 14.1 Å². The standard InChI is InChI=1S/C20H10Br2N2O5S/c21-17-15(30(27,28)29)7-14-16(18(17)22)20(26)10-6-12-9(5-13(10)24-14)19(25)8-3-1-2-4-11(8)23-12/h1-7H,(H,23,25)(H,24,26)(H,27,28,29). The average Bonchev–Trinajstić information content (AvgIpc) is 2.69. The Morgan fingerprint density at radius 1 is 0.733 bits per heavy atom. The summed E-state index contributed by atoms with van der Waals surface area (Å²) in [4.78, 5) is 32.0. The predicted molar refractivity (Wildman–Crippen MR) is 123 cm³/mol. The van der Waals surface area contributed by atoms with Crippen molar-refractivity contribution in [3.63, 3.8) is 0 Å². The lowest BCUT2D eigenvalue weighted by Gasteiger charge is -2.10. The number of benzene rings is 3. The monoisotopic (exact) mass is 548 g/mol. The summed E-state index contributed by atoms with van der Waals surface area (Å²) < 4.78 is 33.2. The molecule has 0 saturated heterocycles. The van der Waals surface area contributed by atoms with Crippen LogP contribution < -0.4 is 10.9 Å². The van der Waals surface area contributed by atoms with Crippen LogP contribution in [0.2, 0.25) is 0 Å². The predicted octanol–water partition coefficient (Wildman–Crippen LogP) is 4.45. The van der Waals surface area contributed by atoms with Crippen molar-refractivity contribution in [1.29, 1.82) is 0 Å². The Hall–Kier alpha value is -2.53. The molecule has 0 aliphatic rings. The van der Waals surface area contributed by atoms with Crippen molar-refractivity contribution in [2.45, 2.75) is 4.90 Å². The quantitative estimate of drug-likeness (QED) is 0.211. The molecular weight excluding hydrogens is 540 g/mol. The molecule has 5 rings (SSSR count). The summed E-state index contributed by atoms with van der Waals surface area (Å²) in [5.41, 5.74) is 1.21. The highest BCUT2D eigenvalue weighted by Crippen LogP contribution is 2.36. The van der Waals surface area contributed by atoms with Crippen LogP contribution in [0.3, 0.4) is 0 Å². The summed E-state index contributed by atoms with van der Waals surface area (Å²) in [5, 5.41) is 1.45. The lowest BCUT2D eigenvalue weighted by Crippen LogP contribution is -2.10. The van der Waals surface area contributed by atoms with Gasteiger partial charge in [0.15, 0.2) is 10.9 Å². The summed E-state index contributed by atoms with van der Waals surface area (Å²) in [6.07, 6.45) is 0. The van der Waals surface area contributed by atoms with E-state index in [4.69, 9.17) is 0 Å². The molecule has 2 heterocycles. The maximum Gasteiger partial charge on any atom is 0.295 e. The molecule has 150 valence electrons. The van der Waals surface area contributed by atoms with Gasteiger partial charge in [-0.2, -0.15) is 8.42 Å². The number of hydrogen-bond acceptors (Lipinski definition) is 4. The smallest absolute Gasteiger partial charge is 0.295 e. The van der Waals surface area contributed by atoms with Crippen LogP contribution in [0, 0.1) is 0 Å². The van der Waals surface area contributed by atoms with Gasteiger partial charge in [0.25, 0.3) is 10.1 Å². The molecule has 3 aromatic carbocycles. The maximum atomic E-state index is 13.2. The molecule has 10 heteroatoms. The molecule has 0 saturated carbocycles. The van der Waals surface area contributed by atoms with Crippen LogP contribution in [0.25, 0.3) is 43.6 Å². The number of nitrogens with one attached hydrogen (secondary N) is 2. The molecule has 0 amide bonds. The highest BCUT2D eigenvalue weighted by atomic mass is 79.9. The fourth-order valence-electron chi connectivity index (χ4n) is 3.65. The van der Waals surface area contributed by atoms with Crippen molar-refractivity contribution in [3.8, 4) is 0 Å². The molecule has 0 bridgehead atoms. The first-order chi connectivity index (χ1) is 14.2. The van der Waals surface area contributed by atoms with Gasteiger partial charge in [-0.05, 0) is 62.2 Å². The Bertz CT molecular complexity index is 1790. The zero-order valence-corrected chi connectivity index (χ0v) is 18.8. The van der Waals surface area contributed by atoms with E-state index < -0.39 is 10.1 Å². The Balaban J connectivity index is 2.00. The molecule has 0 atom stereocenters. The van der Waals surface area contributed by atoms with Crippen molar-refractivity contribution >= 4 is 85.6 Å². The first-order valence-electron chi connectivity index (χ1n) is 8.57. The van der Waals surface area contributed by atoms with Crippen LogP contribution in [0.4, 0.5) is 0 Å². The van der Waals surface area contributed by atoms with E-state index in [-0.39, 0.29) is 35.6 Å². The minimum Gasteiger partial charge on any atom is -0.354 e. The van der Waals surface area contributed by atoms with E-state index >= 15 is 0 Å². The number of H-pyrrole nitrogens is 2. The Labute approximate surface area is 184 Å². The number of hydrogen-bond donors (Lipinski definition) is 3. The van der Waals surface area contributed by atoms with E-state index in [1.807, 2.05) is 6.07 Å². The van der Waals surface area contributed by atoms with E-state index in [0.717, 1.165) is 0 Å². The van der Waals surface area contributed by atoms with Crippen LogP contribution >= 0.6 is 31.9 Å². The topological polar surface area (TPSA) is 120 Å².